The van der Waals surface area contributed by atoms with Crippen LogP contribution >= 0.6 is 0 Å². The number of nitrogens with zero attached hydrogens (tertiary/aromatic N) is 1. The normalized spacial score (nSPS) is 11.7. The van der Waals surface area contributed by atoms with E-state index in [4.69, 9.17) is 4.74 Å². The second kappa shape index (κ2) is 6.70. The third kappa shape index (κ3) is 4.09. The van der Waals surface area contributed by atoms with E-state index in [2.05, 4.69) is 10.3 Å². The van der Waals surface area contributed by atoms with Crippen molar-refractivity contribution in [1.29, 1.82) is 0 Å². The van der Waals surface area contributed by atoms with Gasteiger partial charge in [0.1, 0.15) is 5.75 Å². The molecule has 0 radical (unpaired) electrons. The second-order valence-electron chi connectivity index (χ2n) is 4.62. The number of amides is 1. The Hall–Kier alpha value is -2.36. The Morgan fingerprint density at radius 2 is 2.00 bits per heavy atom. The van der Waals surface area contributed by atoms with Gasteiger partial charge in [0, 0.05) is 5.69 Å². The standard InChI is InChI=1S/C16H18N2O2/c1-12-8-9-15(10-17-12)20-11-16(19)18-13(2)14-6-4-3-5-7-14/h3-10,13H,11H2,1-2H3,(H,18,19)/t13-/m1/s1. The number of carbonyl (C=O) groups excluding carboxylic acids is 1. The Morgan fingerprint density at radius 1 is 1.25 bits per heavy atom. The molecular formula is C16H18N2O2. The summed E-state index contributed by atoms with van der Waals surface area (Å²) < 4.78 is 5.38. The van der Waals surface area contributed by atoms with Gasteiger partial charge in [-0.25, -0.2) is 0 Å². The van der Waals surface area contributed by atoms with Crippen LogP contribution in [0.15, 0.2) is 48.7 Å². The van der Waals surface area contributed by atoms with Gasteiger partial charge < -0.3 is 10.1 Å². The van der Waals surface area contributed by atoms with Crippen LogP contribution in [0.25, 0.3) is 0 Å². The number of hydrogen-bond acceptors (Lipinski definition) is 3. The van der Waals surface area contributed by atoms with Crippen molar-refractivity contribution < 1.29 is 9.53 Å². The first-order chi connectivity index (χ1) is 9.65. The summed E-state index contributed by atoms with van der Waals surface area (Å²) in [5.74, 6) is 0.444. The van der Waals surface area contributed by atoms with Crippen molar-refractivity contribution in [1.82, 2.24) is 10.3 Å². The van der Waals surface area contributed by atoms with E-state index in [0.29, 0.717) is 5.75 Å². The maximum atomic E-state index is 11.8. The smallest absolute Gasteiger partial charge is 0.258 e. The van der Waals surface area contributed by atoms with Gasteiger partial charge in [-0.3, -0.25) is 9.78 Å². The van der Waals surface area contributed by atoms with E-state index in [1.165, 1.54) is 0 Å². The lowest BCUT2D eigenvalue weighted by atomic mass is 10.1. The van der Waals surface area contributed by atoms with Crippen molar-refractivity contribution in [3.05, 3.63) is 59.9 Å². The molecule has 0 saturated carbocycles. The highest BCUT2D eigenvalue weighted by Gasteiger charge is 2.09. The predicted octanol–water partition coefficient (Wildman–Crippen LogP) is 2.65. The Labute approximate surface area is 118 Å². The van der Waals surface area contributed by atoms with Crippen LogP contribution in [-0.2, 0) is 4.79 Å². The van der Waals surface area contributed by atoms with Gasteiger partial charge in [-0.05, 0) is 31.5 Å². The van der Waals surface area contributed by atoms with Gasteiger partial charge in [0.15, 0.2) is 6.61 Å². The Balaban J connectivity index is 1.82. The van der Waals surface area contributed by atoms with Crippen LogP contribution in [0, 0.1) is 6.92 Å². The van der Waals surface area contributed by atoms with Crippen molar-refractivity contribution in [2.45, 2.75) is 19.9 Å². The summed E-state index contributed by atoms with van der Waals surface area (Å²) in [5, 5.41) is 2.89. The monoisotopic (exact) mass is 270 g/mol. The van der Waals surface area contributed by atoms with Gasteiger partial charge in [-0.1, -0.05) is 30.3 Å². The maximum absolute atomic E-state index is 11.8. The third-order valence-electron chi connectivity index (χ3n) is 2.93. The number of aromatic nitrogens is 1. The van der Waals surface area contributed by atoms with Gasteiger partial charge >= 0.3 is 0 Å². The van der Waals surface area contributed by atoms with E-state index in [1.54, 1.807) is 12.3 Å². The SMILES string of the molecule is Cc1ccc(OCC(=O)N[C@H](C)c2ccccc2)cn1. The van der Waals surface area contributed by atoms with Crippen LogP contribution in [0.3, 0.4) is 0 Å². The molecule has 1 aromatic carbocycles. The first-order valence-electron chi connectivity index (χ1n) is 6.55. The summed E-state index contributed by atoms with van der Waals surface area (Å²) in [5.41, 5.74) is 1.98. The molecule has 2 rings (SSSR count). The number of hydrogen-bond donors (Lipinski definition) is 1. The van der Waals surface area contributed by atoms with Crippen LogP contribution in [0.5, 0.6) is 5.75 Å². The van der Waals surface area contributed by atoms with Crippen LogP contribution < -0.4 is 10.1 Å². The minimum Gasteiger partial charge on any atom is -0.482 e. The topological polar surface area (TPSA) is 51.2 Å². The number of carbonyl (C=O) groups is 1. The molecule has 1 amide bonds. The fourth-order valence-corrected chi connectivity index (χ4v) is 1.80. The van der Waals surface area contributed by atoms with E-state index >= 15 is 0 Å². The maximum Gasteiger partial charge on any atom is 0.258 e. The first kappa shape index (κ1) is 14.1. The Kier molecular flexibility index (Phi) is 4.71. The van der Waals surface area contributed by atoms with Gasteiger partial charge in [0.2, 0.25) is 0 Å². The van der Waals surface area contributed by atoms with E-state index < -0.39 is 0 Å². The van der Waals surface area contributed by atoms with Crippen molar-refractivity contribution in [3.8, 4) is 5.75 Å². The molecule has 1 N–H and O–H groups in total. The average Bonchev–Trinajstić information content (AvgIpc) is 2.47. The lowest BCUT2D eigenvalue weighted by molar-refractivity contribution is -0.123. The summed E-state index contributed by atoms with van der Waals surface area (Å²) in [6.45, 7) is 3.83. The highest BCUT2D eigenvalue weighted by molar-refractivity contribution is 5.78. The van der Waals surface area contributed by atoms with Crippen LogP contribution in [0.1, 0.15) is 24.2 Å². The molecule has 0 aliphatic carbocycles. The van der Waals surface area contributed by atoms with Crippen molar-refractivity contribution in [2.75, 3.05) is 6.61 Å². The molecule has 0 bridgehead atoms. The number of rotatable bonds is 5. The van der Waals surface area contributed by atoms with Crippen LogP contribution in [0.4, 0.5) is 0 Å². The van der Waals surface area contributed by atoms with Crippen LogP contribution in [0.2, 0.25) is 0 Å². The zero-order chi connectivity index (χ0) is 14.4. The molecule has 4 nitrogen and oxygen atoms in total. The minimum atomic E-state index is -0.151. The molecule has 104 valence electrons. The van der Waals surface area contributed by atoms with Gasteiger partial charge in [0.25, 0.3) is 5.91 Å². The summed E-state index contributed by atoms with van der Waals surface area (Å²) >= 11 is 0. The molecule has 1 aromatic heterocycles. The van der Waals surface area contributed by atoms with Gasteiger partial charge in [-0.2, -0.15) is 0 Å². The van der Waals surface area contributed by atoms with E-state index in [9.17, 15) is 4.79 Å². The van der Waals surface area contributed by atoms with E-state index in [0.717, 1.165) is 11.3 Å². The number of benzene rings is 1. The molecule has 0 saturated heterocycles. The first-order valence-corrected chi connectivity index (χ1v) is 6.55. The van der Waals surface area contributed by atoms with Crippen molar-refractivity contribution >= 4 is 5.91 Å². The molecule has 0 aliphatic heterocycles. The number of nitrogens with one attached hydrogen (secondary N) is 1. The van der Waals surface area contributed by atoms with Gasteiger partial charge in [0.05, 0.1) is 12.2 Å². The summed E-state index contributed by atoms with van der Waals surface area (Å²) in [6, 6.07) is 13.4. The van der Waals surface area contributed by atoms with E-state index in [1.807, 2.05) is 50.2 Å². The fourth-order valence-electron chi connectivity index (χ4n) is 1.80. The summed E-state index contributed by atoms with van der Waals surface area (Å²) in [7, 11) is 0. The van der Waals surface area contributed by atoms with Gasteiger partial charge in [-0.15, -0.1) is 0 Å². The third-order valence-corrected chi connectivity index (χ3v) is 2.93. The fraction of sp³-hybridized carbons (Fsp3) is 0.250. The van der Waals surface area contributed by atoms with Crippen molar-refractivity contribution in [3.63, 3.8) is 0 Å². The number of aryl methyl sites for hydroxylation is 1. The number of pyridine rings is 1. The summed E-state index contributed by atoms with van der Waals surface area (Å²) in [6.07, 6.45) is 1.61. The molecule has 0 fully saturated rings. The van der Waals surface area contributed by atoms with Crippen LogP contribution in [-0.4, -0.2) is 17.5 Å². The Bertz CT molecular complexity index is 552. The Morgan fingerprint density at radius 3 is 2.65 bits per heavy atom. The molecule has 2 aromatic rings. The lowest BCUT2D eigenvalue weighted by Gasteiger charge is -2.14. The number of ether oxygens (including phenoxy) is 1. The highest BCUT2D eigenvalue weighted by Crippen LogP contribution is 2.11. The average molecular weight is 270 g/mol. The largest absolute Gasteiger partial charge is 0.482 e. The minimum absolute atomic E-state index is 0.0120. The molecule has 0 aliphatic rings. The molecule has 0 spiro atoms. The lowest BCUT2D eigenvalue weighted by Crippen LogP contribution is -2.31. The quantitative estimate of drug-likeness (QED) is 0.908. The molecule has 1 heterocycles. The molecular weight excluding hydrogens is 252 g/mol. The molecule has 20 heavy (non-hydrogen) atoms. The highest BCUT2D eigenvalue weighted by atomic mass is 16.5. The molecule has 4 heteroatoms. The van der Waals surface area contributed by atoms with E-state index in [-0.39, 0.29) is 18.6 Å². The second-order valence-corrected chi connectivity index (χ2v) is 4.62. The predicted molar refractivity (Wildman–Crippen MR) is 77.5 cm³/mol. The van der Waals surface area contributed by atoms with Crippen molar-refractivity contribution in [2.24, 2.45) is 0 Å². The molecule has 1 atom stereocenters. The zero-order valence-electron chi connectivity index (χ0n) is 11.7. The summed E-state index contributed by atoms with van der Waals surface area (Å²) in [4.78, 5) is 15.9. The zero-order valence-corrected chi connectivity index (χ0v) is 11.7. The molecule has 0 unspecified atom stereocenters.